The minimum atomic E-state index is -1.31. The van der Waals surface area contributed by atoms with Crippen LogP contribution in [0.1, 0.15) is 18.1 Å². The molecule has 0 fully saturated rings. The second kappa shape index (κ2) is 5.25. The summed E-state index contributed by atoms with van der Waals surface area (Å²) in [7, 11) is 0. The molecule has 0 aliphatic carbocycles. The first-order chi connectivity index (χ1) is 7.07. The SMILES string of the molecule is Oc1cccc(O)c1C(O)C(O)CCS. The molecule has 4 nitrogen and oxygen atoms in total. The van der Waals surface area contributed by atoms with Crippen LogP contribution in [0.4, 0.5) is 0 Å². The quantitative estimate of drug-likeness (QED) is 0.496. The summed E-state index contributed by atoms with van der Waals surface area (Å²) in [5, 5.41) is 38.0. The van der Waals surface area contributed by atoms with E-state index in [9.17, 15) is 20.4 Å². The van der Waals surface area contributed by atoms with E-state index in [-0.39, 0.29) is 23.5 Å². The molecular formula is C10H14O4S. The molecule has 0 bridgehead atoms. The van der Waals surface area contributed by atoms with Gasteiger partial charge in [0.2, 0.25) is 0 Å². The molecule has 15 heavy (non-hydrogen) atoms. The summed E-state index contributed by atoms with van der Waals surface area (Å²) in [4.78, 5) is 0. The molecule has 0 saturated carbocycles. The van der Waals surface area contributed by atoms with E-state index >= 15 is 0 Å². The lowest BCUT2D eigenvalue weighted by molar-refractivity contribution is 0.0145. The maximum atomic E-state index is 9.68. The summed E-state index contributed by atoms with van der Waals surface area (Å²) in [5.74, 6) is -0.0616. The van der Waals surface area contributed by atoms with Crippen molar-refractivity contribution in [2.24, 2.45) is 0 Å². The van der Waals surface area contributed by atoms with Gasteiger partial charge in [-0.05, 0) is 24.3 Å². The van der Waals surface area contributed by atoms with Gasteiger partial charge < -0.3 is 20.4 Å². The number of benzene rings is 1. The molecule has 1 aromatic carbocycles. The van der Waals surface area contributed by atoms with Crippen molar-refractivity contribution in [2.75, 3.05) is 5.75 Å². The van der Waals surface area contributed by atoms with Crippen molar-refractivity contribution in [1.29, 1.82) is 0 Å². The molecule has 2 unspecified atom stereocenters. The van der Waals surface area contributed by atoms with Gasteiger partial charge in [0.1, 0.15) is 17.6 Å². The maximum absolute atomic E-state index is 9.68. The number of hydrogen-bond donors (Lipinski definition) is 5. The highest BCUT2D eigenvalue weighted by Crippen LogP contribution is 2.34. The van der Waals surface area contributed by atoms with Crippen LogP contribution in [0, 0.1) is 0 Å². The summed E-state index contributed by atoms with van der Waals surface area (Å²) in [6.07, 6.45) is -2.09. The Morgan fingerprint density at radius 3 is 2.13 bits per heavy atom. The maximum Gasteiger partial charge on any atom is 0.125 e. The van der Waals surface area contributed by atoms with Crippen LogP contribution in [0.2, 0.25) is 0 Å². The first-order valence-corrected chi connectivity index (χ1v) is 5.19. The van der Waals surface area contributed by atoms with Crippen LogP contribution in [0.3, 0.4) is 0 Å². The van der Waals surface area contributed by atoms with Gasteiger partial charge in [-0.15, -0.1) is 0 Å². The second-order valence-electron chi connectivity index (χ2n) is 3.23. The second-order valence-corrected chi connectivity index (χ2v) is 3.68. The third kappa shape index (κ3) is 2.77. The largest absolute Gasteiger partial charge is 0.507 e. The van der Waals surface area contributed by atoms with E-state index in [1.165, 1.54) is 18.2 Å². The molecule has 0 heterocycles. The Morgan fingerprint density at radius 2 is 1.67 bits per heavy atom. The molecule has 84 valence electrons. The first kappa shape index (κ1) is 12.2. The van der Waals surface area contributed by atoms with Crippen LogP contribution in [0.25, 0.3) is 0 Å². The van der Waals surface area contributed by atoms with Gasteiger partial charge in [-0.1, -0.05) is 6.07 Å². The normalized spacial score (nSPS) is 14.9. The van der Waals surface area contributed by atoms with Crippen LogP contribution >= 0.6 is 12.6 Å². The lowest BCUT2D eigenvalue weighted by Crippen LogP contribution is -2.18. The van der Waals surface area contributed by atoms with Gasteiger partial charge >= 0.3 is 0 Å². The Bertz CT molecular complexity index is 309. The van der Waals surface area contributed by atoms with Crippen molar-refractivity contribution >= 4 is 12.6 Å². The topological polar surface area (TPSA) is 80.9 Å². The van der Waals surface area contributed by atoms with Gasteiger partial charge in [0.25, 0.3) is 0 Å². The fourth-order valence-electron chi connectivity index (χ4n) is 1.33. The molecule has 1 rings (SSSR count). The summed E-state index contributed by atoms with van der Waals surface area (Å²) < 4.78 is 0. The van der Waals surface area contributed by atoms with Crippen molar-refractivity contribution in [3.05, 3.63) is 23.8 Å². The van der Waals surface area contributed by atoms with Crippen molar-refractivity contribution in [2.45, 2.75) is 18.6 Å². The lowest BCUT2D eigenvalue weighted by atomic mass is 10.0. The standard InChI is InChI=1S/C10H14O4S/c11-6-2-1-3-7(12)9(6)10(14)8(13)4-5-15/h1-3,8,10-15H,4-5H2. The van der Waals surface area contributed by atoms with E-state index in [1.807, 2.05) is 0 Å². The van der Waals surface area contributed by atoms with Crippen LogP contribution < -0.4 is 0 Å². The van der Waals surface area contributed by atoms with Gasteiger partial charge in [0.05, 0.1) is 11.7 Å². The fraction of sp³-hybridized carbons (Fsp3) is 0.400. The average molecular weight is 230 g/mol. The molecule has 0 aliphatic rings. The predicted molar refractivity (Wildman–Crippen MR) is 59.2 cm³/mol. The van der Waals surface area contributed by atoms with E-state index in [1.54, 1.807) is 0 Å². The van der Waals surface area contributed by atoms with E-state index in [2.05, 4.69) is 12.6 Å². The number of rotatable bonds is 4. The van der Waals surface area contributed by atoms with Crippen LogP contribution in [-0.4, -0.2) is 32.3 Å². The molecule has 0 spiro atoms. The van der Waals surface area contributed by atoms with Gasteiger partial charge in [0.15, 0.2) is 0 Å². The van der Waals surface area contributed by atoms with Crippen molar-refractivity contribution in [3.63, 3.8) is 0 Å². The van der Waals surface area contributed by atoms with Gasteiger partial charge in [0, 0.05) is 0 Å². The van der Waals surface area contributed by atoms with Crippen LogP contribution in [0.15, 0.2) is 18.2 Å². The van der Waals surface area contributed by atoms with E-state index < -0.39 is 12.2 Å². The Morgan fingerprint density at radius 1 is 1.13 bits per heavy atom. The first-order valence-electron chi connectivity index (χ1n) is 4.55. The Kier molecular flexibility index (Phi) is 4.26. The number of hydrogen-bond acceptors (Lipinski definition) is 5. The highest BCUT2D eigenvalue weighted by atomic mass is 32.1. The highest BCUT2D eigenvalue weighted by Gasteiger charge is 2.23. The van der Waals surface area contributed by atoms with E-state index in [4.69, 9.17) is 0 Å². The zero-order chi connectivity index (χ0) is 11.4. The van der Waals surface area contributed by atoms with Crippen LogP contribution in [-0.2, 0) is 0 Å². The minimum absolute atomic E-state index is 0.0493. The molecule has 2 atom stereocenters. The van der Waals surface area contributed by atoms with Crippen molar-refractivity contribution in [3.8, 4) is 11.5 Å². The summed E-state index contributed by atoms with van der Waals surface area (Å²) in [6, 6.07) is 4.13. The molecule has 0 aromatic heterocycles. The molecule has 0 aliphatic heterocycles. The molecule has 0 radical (unpaired) electrons. The van der Waals surface area contributed by atoms with Crippen molar-refractivity contribution < 1.29 is 20.4 Å². The number of phenols is 2. The Labute approximate surface area is 93.2 Å². The van der Waals surface area contributed by atoms with E-state index in [0.29, 0.717) is 5.75 Å². The fourth-order valence-corrected chi connectivity index (χ4v) is 1.59. The molecule has 5 heteroatoms. The third-order valence-electron chi connectivity index (χ3n) is 2.15. The highest BCUT2D eigenvalue weighted by molar-refractivity contribution is 7.80. The zero-order valence-electron chi connectivity index (χ0n) is 8.04. The van der Waals surface area contributed by atoms with Crippen molar-refractivity contribution in [1.82, 2.24) is 0 Å². The third-order valence-corrected chi connectivity index (χ3v) is 2.40. The monoisotopic (exact) mass is 230 g/mol. The number of aliphatic hydroxyl groups is 2. The van der Waals surface area contributed by atoms with Crippen LogP contribution in [0.5, 0.6) is 11.5 Å². The molecule has 0 saturated heterocycles. The predicted octanol–water partition coefficient (Wildman–Crippen LogP) is 0.812. The molecule has 4 N–H and O–H groups in total. The number of thiol groups is 1. The Balaban J connectivity index is 2.94. The Hall–Kier alpha value is -0.910. The average Bonchev–Trinajstić information content (AvgIpc) is 2.17. The zero-order valence-corrected chi connectivity index (χ0v) is 8.93. The number of phenolic OH excluding ortho intramolecular Hbond substituents is 2. The molecule has 0 amide bonds. The lowest BCUT2D eigenvalue weighted by Gasteiger charge is -2.19. The number of aromatic hydroxyl groups is 2. The summed E-state index contributed by atoms with van der Waals surface area (Å²) in [6.45, 7) is 0. The number of aliphatic hydroxyl groups excluding tert-OH is 2. The van der Waals surface area contributed by atoms with Gasteiger partial charge in [-0.3, -0.25) is 0 Å². The smallest absolute Gasteiger partial charge is 0.125 e. The minimum Gasteiger partial charge on any atom is -0.507 e. The molecular weight excluding hydrogens is 216 g/mol. The summed E-state index contributed by atoms with van der Waals surface area (Å²) in [5.41, 5.74) is -0.0493. The van der Waals surface area contributed by atoms with Gasteiger partial charge in [-0.25, -0.2) is 0 Å². The molecule has 1 aromatic rings. The van der Waals surface area contributed by atoms with E-state index in [0.717, 1.165) is 0 Å². The summed E-state index contributed by atoms with van der Waals surface area (Å²) >= 11 is 3.92. The van der Waals surface area contributed by atoms with Gasteiger partial charge in [-0.2, -0.15) is 12.6 Å².